The number of carbonyl (C=O) groups excluding carboxylic acids is 2. The van der Waals surface area contributed by atoms with Crippen LogP contribution >= 0.6 is 11.6 Å². The number of aromatic amines is 1. The van der Waals surface area contributed by atoms with Crippen molar-refractivity contribution in [2.24, 2.45) is 0 Å². The summed E-state index contributed by atoms with van der Waals surface area (Å²) in [6, 6.07) is 9.19. The van der Waals surface area contributed by atoms with Crippen molar-refractivity contribution in [3.63, 3.8) is 0 Å². The van der Waals surface area contributed by atoms with Crippen LogP contribution in [0.2, 0.25) is 5.02 Å². The Bertz CT molecular complexity index is 1330. The number of fused-ring (bicyclic) bond motifs is 3. The van der Waals surface area contributed by atoms with Crippen LogP contribution in [0.1, 0.15) is 20.7 Å². The Kier molecular flexibility index (Phi) is 3.72. The van der Waals surface area contributed by atoms with Gasteiger partial charge < -0.3 is 0 Å². The highest BCUT2D eigenvalue weighted by Gasteiger charge is 2.40. The number of nitrogens with one attached hydrogen (secondary N) is 1. The lowest BCUT2D eigenvalue weighted by molar-refractivity contribution is 0.0926. The highest BCUT2D eigenvalue weighted by molar-refractivity contribution is 6.38. The maximum absolute atomic E-state index is 13.5. The van der Waals surface area contributed by atoms with E-state index in [9.17, 15) is 18.4 Å². The molecule has 1 aliphatic heterocycles. The van der Waals surface area contributed by atoms with E-state index >= 15 is 0 Å². The molecule has 29 heavy (non-hydrogen) atoms. The number of anilines is 1. The van der Waals surface area contributed by atoms with Gasteiger partial charge in [-0.1, -0.05) is 11.6 Å². The topological polar surface area (TPSA) is 79.0 Å². The van der Waals surface area contributed by atoms with E-state index in [1.165, 1.54) is 42.6 Å². The molecule has 4 aromatic rings. The van der Waals surface area contributed by atoms with Gasteiger partial charge in [0.05, 0.1) is 32.9 Å². The summed E-state index contributed by atoms with van der Waals surface area (Å²) in [5, 5.41) is 7.03. The number of aromatic nitrogens is 3. The molecular weight excluding hydrogens is 402 g/mol. The molecule has 0 aliphatic carbocycles. The number of halogens is 3. The molecule has 2 aromatic carbocycles. The second kappa shape index (κ2) is 6.18. The van der Waals surface area contributed by atoms with E-state index in [1.807, 2.05) is 0 Å². The van der Waals surface area contributed by atoms with Crippen LogP contribution < -0.4 is 4.90 Å². The third-order valence-electron chi connectivity index (χ3n) is 4.73. The van der Waals surface area contributed by atoms with Gasteiger partial charge >= 0.3 is 0 Å². The lowest BCUT2D eigenvalue weighted by atomic mass is 10.0. The molecule has 0 saturated heterocycles. The molecule has 142 valence electrons. The number of H-pyrrole nitrogens is 1. The SMILES string of the molecule is O=C1c2cnc3n[nH]c(-c4ccc(F)cc4)c3c2C(=O)N1c1ccc(F)c(Cl)c1. The van der Waals surface area contributed by atoms with Crippen LogP contribution in [0, 0.1) is 11.6 Å². The van der Waals surface area contributed by atoms with Crippen molar-refractivity contribution in [3.05, 3.63) is 76.4 Å². The summed E-state index contributed by atoms with van der Waals surface area (Å²) < 4.78 is 26.8. The molecule has 6 nitrogen and oxygen atoms in total. The van der Waals surface area contributed by atoms with Crippen LogP contribution in [-0.2, 0) is 0 Å². The van der Waals surface area contributed by atoms with Crippen molar-refractivity contribution in [1.82, 2.24) is 15.2 Å². The highest BCUT2D eigenvalue weighted by atomic mass is 35.5. The number of imide groups is 1. The van der Waals surface area contributed by atoms with Gasteiger partial charge in [-0.25, -0.2) is 18.7 Å². The highest BCUT2D eigenvalue weighted by Crippen LogP contribution is 2.37. The fourth-order valence-corrected chi connectivity index (χ4v) is 3.56. The fraction of sp³-hybridized carbons (Fsp3) is 0. The van der Waals surface area contributed by atoms with Crippen LogP contribution in [0.5, 0.6) is 0 Å². The summed E-state index contributed by atoms with van der Waals surface area (Å²) in [5.41, 5.74) is 1.60. The Morgan fingerprint density at radius 2 is 1.76 bits per heavy atom. The number of hydrogen-bond donors (Lipinski definition) is 1. The first kappa shape index (κ1) is 17.4. The third-order valence-corrected chi connectivity index (χ3v) is 5.02. The molecule has 0 saturated carbocycles. The van der Waals surface area contributed by atoms with Crippen molar-refractivity contribution in [2.45, 2.75) is 0 Å². The van der Waals surface area contributed by atoms with Crippen LogP contribution in [0.4, 0.5) is 14.5 Å². The molecule has 0 unspecified atom stereocenters. The Morgan fingerprint density at radius 3 is 2.48 bits per heavy atom. The quantitative estimate of drug-likeness (QED) is 0.498. The molecule has 0 spiro atoms. The van der Waals surface area contributed by atoms with E-state index in [4.69, 9.17) is 11.6 Å². The van der Waals surface area contributed by atoms with Crippen LogP contribution in [0.15, 0.2) is 48.7 Å². The van der Waals surface area contributed by atoms with Crippen molar-refractivity contribution >= 4 is 40.1 Å². The summed E-state index contributed by atoms with van der Waals surface area (Å²) >= 11 is 5.81. The summed E-state index contributed by atoms with van der Waals surface area (Å²) in [6.45, 7) is 0. The van der Waals surface area contributed by atoms with E-state index in [0.29, 0.717) is 16.6 Å². The first-order valence-corrected chi connectivity index (χ1v) is 8.80. The number of pyridine rings is 1. The van der Waals surface area contributed by atoms with Gasteiger partial charge in [0.25, 0.3) is 11.8 Å². The average molecular weight is 411 g/mol. The van der Waals surface area contributed by atoms with Crippen LogP contribution in [0.3, 0.4) is 0 Å². The van der Waals surface area contributed by atoms with E-state index in [2.05, 4.69) is 15.2 Å². The summed E-state index contributed by atoms with van der Waals surface area (Å²) in [5.74, 6) is -2.28. The largest absolute Gasteiger partial charge is 0.275 e. The van der Waals surface area contributed by atoms with Crippen molar-refractivity contribution in [1.29, 1.82) is 0 Å². The molecule has 0 radical (unpaired) electrons. The first-order chi connectivity index (χ1) is 14.0. The Morgan fingerprint density at radius 1 is 1.00 bits per heavy atom. The fourth-order valence-electron chi connectivity index (χ4n) is 3.38. The lowest BCUT2D eigenvalue weighted by Gasteiger charge is -2.14. The van der Waals surface area contributed by atoms with Gasteiger partial charge in [0.1, 0.15) is 11.6 Å². The summed E-state index contributed by atoms with van der Waals surface area (Å²) in [4.78, 5) is 31.2. The molecule has 5 rings (SSSR count). The molecule has 1 N–H and O–H groups in total. The molecular formula is C20H9ClF2N4O2. The van der Waals surface area contributed by atoms with E-state index in [0.717, 1.165) is 11.0 Å². The molecule has 3 heterocycles. The number of hydrogen-bond acceptors (Lipinski definition) is 4. The van der Waals surface area contributed by atoms with E-state index < -0.39 is 23.4 Å². The van der Waals surface area contributed by atoms with Gasteiger partial charge in [-0.3, -0.25) is 14.7 Å². The zero-order valence-electron chi connectivity index (χ0n) is 14.4. The standard InChI is InChI=1S/C20H9ClF2N4O2/c21-13-7-11(5-6-14(13)23)27-19(28)12-8-24-18-16(15(12)20(27)29)17(25-26-18)9-1-3-10(22)4-2-9/h1-8H,(H,24,25,26). The van der Waals surface area contributed by atoms with Gasteiger partial charge in [0, 0.05) is 11.8 Å². The average Bonchev–Trinajstić information content (AvgIpc) is 3.24. The molecule has 2 amide bonds. The van der Waals surface area contributed by atoms with Crippen molar-refractivity contribution in [3.8, 4) is 11.3 Å². The minimum Gasteiger partial charge on any atom is -0.275 e. The molecule has 0 fully saturated rings. The van der Waals surface area contributed by atoms with E-state index in [-0.39, 0.29) is 27.5 Å². The predicted octanol–water partition coefficient (Wildman–Crippen LogP) is 4.36. The molecule has 0 atom stereocenters. The molecule has 0 bridgehead atoms. The second-order valence-corrected chi connectivity index (χ2v) is 6.80. The molecule has 1 aliphatic rings. The van der Waals surface area contributed by atoms with E-state index in [1.54, 1.807) is 0 Å². The lowest BCUT2D eigenvalue weighted by Crippen LogP contribution is -2.29. The number of nitrogens with zero attached hydrogens (tertiary/aromatic N) is 3. The second-order valence-electron chi connectivity index (χ2n) is 6.40. The monoisotopic (exact) mass is 410 g/mol. The van der Waals surface area contributed by atoms with Gasteiger partial charge in [0.15, 0.2) is 5.65 Å². The maximum atomic E-state index is 13.5. The van der Waals surface area contributed by atoms with Gasteiger partial charge in [-0.15, -0.1) is 0 Å². The molecule has 2 aromatic heterocycles. The number of benzene rings is 2. The Labute approximate surface area is 166 Å². The van der Waals surface area contributed by atoms with Crippen molar-refractivity contribution in [2.75, 3.05) is 4.90 Å². The minimum atomic E-state index is -0.662. The number of rotatable bonds is 2. The Balaban J connectivity index is 1.71. The van der Waals surface area contributed by atoms with Gasteiger partial charge in [-0.2, -0.15) is 5.10 Å². The molecule has 9 heteroatoms. The van der Waals surface area contributed by atoms with Gasteiger partial charge in [-0.05, 0) is 42.5 Å². The van der Waals surface area contributed by atoms with Crippen LogP contribution in [-0.4, -0.2) is 27.0 Å². The van der Waals surface area contributed by atoms with Crippen LogP contribution in [0.25, 0.3) is 22.3 Å². The normalized spacial score (nSPS) is 13.4. The Hall–Kier alpha value is -3.65. The number of amides is 2. The number of carbonyl (C=O) groups is 2. The zero-order valence-corrected chi connectivity index (χ0v) is 15.2. The summed E-state index contributed by atoms with van der Waals surface area (Å²) in [7, 11) is 0. The smallest absolute Gasteiger partial charge is 0.267 e. The van der Waals surface area contributed by atoms with Gasteiger partial charge in [0.2, 0.25) is 0 Å². The minimum absolute atomic E-state index is 0.0905. The zero-order chi connectivity index (χ0) is 20.3. The first-order valence-electron chi connectivity index (χ1n) is 8.42. The van der Waals surface area contributed by atoms with Crippen molar-refractivity contribution < 1.29 is 18.4 Å². The third kappa shape index (κ3) is 2.53. The summed E-state index contributed by atoms with van der Waals surface area (Å²) in [6.07, 6.45) is 1.28. The maximum Gasteiger partial charge on any atom is 0.267 e. The predicted molar refractivity (Wildman–Crippen MR) is 102 cm³/mol.